The Morgan fingerprint density at radius 2 is 1.66 bits per heavy atom. The Kier molecular flexibility index (Phi) is 5.64. The molecular weight excluding hydrogens is 356 g/mol. The molecule has 3 heteroatoms. The fraction of sp³-hybridized carbons (Fsp3) is 0.269. The summed E-state index contributed by atoms with van der Waals surface area (Å²) in [6.45, 7) is 2.82. The third-order valence-electron chi connectivity index (χ3n) is 6.06. The van der Waals surface area contributed by atoms with Crippen LogP contribution in [0.5, 0.6) is 5.75 Å². The van der Waals surface area contributed by atoms with Crippen molar-refractivity contribution in [1.29, 1.82) is 5.26 Å². The van der Waals surface area contributed by atoms with Crippen molar-refractivity contribution in [3.05, 3.63) is 102 Å². The number of ether oxygens (including phenoxy) is 1. The molecule has 0 spiro atoms. The maximum absolute atomic E-state index is 10.6. The summed E-state index contributed by atoms with van der Waals surface area (Å²) in [6, 6.07) is 31.6. The van der Waals surface area contributed by atoms with Crippen molar-refractivity contribution in [2.75, 3.05) is 20.2 Å². The zero-order chi connectivity index (χ0) is 20.1. The van der Waals surface area contributed by atoms with E-state index in [9.17, 15) is 5.26 Å². The lowest BCUT2D eigenvalue weighted by molar-refractivity contribution is 0.298. The van der Waals surface area contributed by atoms with Crippen LogP contribution < -0.4 is 4.74 Å². The minimum Gasteiger partial charge on any atom is -0.497 e. The average Bonchev–Trinajstić information content (AvgIpc) is 3.25. The molecule has 0 aliphatic carbocycles. The lowest BCUT2D eigenvalue weighted by atomic mass is 9.66. The van der Waals surface area contributed by atoms with Crippen LogP contribution in [0.15, 0.2) is 84.9 Å². The predicted octanol–water partition coefficient (Wildman–Crippen LogP) is 5.03. The molecule has 1 saturated heterocycles. The highest BCUT2D eigenvalue weighted by Gasteiger charge is 2.45. The second kappa shape index (κ2) is 8.51. The smallest absolute Gasteiger partial charge is 0.119 e. The van der Waals surface area contributed by atoms with Crippen molar-refractivity contribution in [2.24, 2.45) is 5.92 Å². The minimum absolute atomic E-state index is 0.214. The summed E-state index contributed by atoms with van der Waals surface area (Å²) in [5.74, 6) is 1.00. The Morgan fingerprint density at radius 3 is 2.34 bits per heavy atom. The van der Waals surface area contributed by atoms with Gasteiger partial charge in [0, 0.05) is 13.1 Å². The number of methoxy groups -OCH3 is 1. The average molecular weight is 383 g/mol. The van der Waals surface area contributed by atoms with E-state index in [2.05, 4.69) is 59.5 Å². The van der Waals surface area contributed by atoms with Gasteiger partial charge in [0.1, 0.15) is 11.2 Å². The molecule has 4 rings (SSSR count). The van der Waals surface area contributed by atoms with Crippen LogP contribution >= 0.6 is 0 Å². The minimum atomic E-state index is -0.693. The van der Waals surface area contributed by atoms with Gasteiger partial charge in [-0.25, -0.2) is 0 Å². The summed E-state index contributed by atoms with van der Waals surface area (Å²) < 4.78 is 5.47. The maximum atomic E-state index is 10.6. The van der Waals surface area contributed by atoms with E-state index in [4.69, 9.17) is 4.74 Å². The highest BCUT2D eigenvalue weighted by atomic mass is 16.5. The van der Waals surface area contributed by atoms with Crippen LogP contribution in [0, 0.1) is 17.2 Å². The van der Waals surface area contributed by atoms with Crippen molar-refractivity contribution in [3.8, 4) is 11.8 Å². The number of nitriles is 1. The molecule has 0 bridgehead atoms. The van der Waals surface area contributed by atoms with Crippen LogP contribution in [0.25, 0.3) is 0 Å². The molecular formula is C26H26N2O. The maximum Gasteiger partial charge on any atom is 0.119 e. The van der Waals surface area contributed by atoms with E-state index in [-0.39, 0.29) is 5.92 Å². The SMILES string of the molecule is COc1cccc(C(C#N)(c2ccccc2)[C@@H]2CCN(Cc3ccccc3)C2)c1. The van der Waals surface area contributed by atoms with Crippen LogP contribution in [0.1, 0.15) is 23.1 Å². The van der Waals surface area contributed by atoms with Crippen LogP contribution in [-0.4, -0.2) is 25.1 Å². The van der Waals surface area contributed by atoms with E-state index in [1.807, 2.05) is 36.4 Å². The van der Waals surface area contributed by atoms with Crippen molar-refractivity contribution < 1.29 is 4.74 Å². The molecule has 1 heterocycles. The third-order valence-corrected chi connectivity index (χ3v) is 6.06. The molecule has 1 aliphatic heterocycles. The van der Waals surface area contributed by atoms with Gasteiger partial charge >= 0.3 is 0 Å². The predicted molar refractivity (Wildman–Crippen MR) is 116 cm³/mol. The van der Waals surface area contributed by atoms with Gasteiger partial charge in [0.15, 0.2) is 0 Å². The third kappa shape index (κ3) is 3.77. The molecule has 3 nitrogen and oxygen atoms in total. The standard InChI is InChI=1S/C26H26N2O/c1-29-25-14-8-13-23(17-25)26(20-27,22-11-6-3-7-12-22)24-15-16-28(19-24)18-21-9-4-2-5-10-21/h2-14,17,24H,15-16,18-19H2,1H3/t24-,26?/m1/s1. The van der Waals surface area contributed by atoms with Gasteiger partial charge in [0.05, 0.1) is 13.2 Å². The van der Waals surface area contributed by atoms with Crippen molar-refractivity contribution in [1.82, 2.24) is 4.90 Å². The molecule has 0 aromatic heterocycles. The largest absolute Gasteiger partial charge is 0.497 e. The zero-order valence-electron chi connectivity index (χ0n) is 16.8. The van der Waals surface area contributed by atoms with Gasteiger partial charge in [0.2, 0.25) is 0 Å². The summed E-state index contributed by atoms with van der Waals surface area (Å²) in [7, 11) is 1.67. The van der Waals surface area contributed by atoms with Crippen LogP contribution in [0.3, 0.4) is 0 Å². The summed E-state index contributed by atoms with van der Waals surface area (Å²) in [4.78, 5) is 2.47. The first kappa shape index (κ1) is 19.2. The van der Waals surface area contributed by atoms with Gasteiger partial charge < -0.3 is 4.74 Å². The summed E-state index contributed by atoms with van der Waals surface area (Å²) in [6.07, 6.45) is 0.993. The number of nitrogens with zero attached hydrogens (tertiary/aromatic N) is 2. The lowest BCUT2D eigenvalue weighted by Gasteiger charge is -2.34. The van der Waals surface area contributed by atoms with Crippen molar-refractivity contribution in [2.45, 2.75) is 18.4 Å². The van der Waals surface area contributed by atoms with Gasteiger partial charge in [0.25, 0.3) is 0 Å². The number of rotatable bonds is 6. The molecule has 3 aromatic rings. The van der Waals surface area contributed by atoms with Gasteiger partial charge in [-0.1, -0.05) is 72.8 Å². The number of benzene rings is 3. The molecule has 146 valence electrons. The first-order chi connectivity index (χ1) is 14.3. The lowest BCUT2D eigenvalue weighted by Crippen LogP contribution is -2.37. The van der Waals surface area contributed by atoms with Gasteiger partial charge in [-0.15, -0.1) is 0 Å². The quantitative estimate of drug-likeness (QED) is 0.600. The van der Waals surface area contributed by atoms with Crippen LogP contribution in [0.2, 0.25) is 0 Å². The summed E-state index contributed by atoms with van der Waals surface area (Å²) >= 11 is 0. The zero-order valence-corrected chi connectivity index (χ0v) is 16.8. The molecule has 2 atom stereocenters. The monoisotopic (exact) mass is 382 g/mol. The van der Waals surface area contributed by atoms with E-state index in [1.165, 1.54) is 5.56 Å². The first-order valence-corrected chi connectivity index (χ1v) is 10.1. The van der Waals surface area contributed by atoms with Gasteiger partial charge in [-0.2, -0.15) is 5.26 Å². The molecule has 1 fully saturated rings. The highest BCUT2D eigenvalue weighted by Crippen LogP contribution is 2.44. The van der Waals surface area contributed by atoms with Crippen molar-refractivity contribution in [3.63, 3.8) is 0 Å². The van der Waals surface area contributed by atoms with Crippen LogP contribution in [-0.2, 0) is 12.0 Å². The number of likely N-dealkylation sites (tertiary alicyclic amines) is 1. The Labute approximate surface area is 173 Å². The highest BCUT2D eigenvalue weighted by molar-refractivity contribution is 5.49. The number of hydrogen-bond donors (Lipinski definition) is 0. The molecule has 3 aromatic carbocycles. The molecule has 1 aliphatic rings. The van der Waals surface area contributed by atoms with Crippen molar-refractivity contribution >= 4 is 0 Å². The van der Waals surface area contributed by atoms with E-state index >= 15 is 0 Å². The van der Waals surface area contributed by atoms with Gasteiger partial charge in [-0.3, -0.25) is 4.90 Å². The van der Waals surface area contributed by atoms with Gasteiger partial charge in [-0.05, 0) is 47.7 Å². The van der Waals surface area contributed by atoms with E-state index in [1.54, 1.807) is 7.11 Å². The number of hydrogen-bond acceptors (Lipinski definition) is 3. The normalized spacial score (nSPS) is 18.7. The molecule has 0 saturated carbocycles. The fourth-order valence-corrected chi connectivity index (χ4v) is 4.60. The Bertz CT molecular complexity index is 980. The van der Waals surface area contributed by atoms with E-state index in [0.717, 1.165) is 42.9 Å². The molecule has 29 heavy (non-hydrogen) atoms. The molecule has 0 radical (unpaired) electrons. The second-order valence-electron chi connectivity index (χ2n) is 7.72. The molecule has 0 N–H and O–H groups in total. The topological polar surface area (TPSA) is 36.3 Å². The fourth-order valence-electron chi connectivity index (χ4n) is 4.60. The Morgan fingerprint density at radius 1 is 0.966 bits per heavy atom. The van der Waals surface area contributed by atoms with Crippen LogP contribution in [0.4, 0.5) is 0 Å². The molecule has 0 amide bonds. The Hall–Kier alpha value is -3.09. The summed E-state index contributed by atoms with van der Waals surface area (Å²) in [5.41, 5.74) is 2.69. The van der Waals surface area contributed by atoms with E-state index in [0.29, 0.717) is 0 Å². The first-order valence-electron chi connectivity index (χ1n) is 10.1. The molecule has 1 unspecified atom stereocenters. The second-order valence-corrected chi connectivity index (χ2v) is 7.72. The summed E-state index contributed by atoms with van der Waals surface area (Å²) in [5, 5.41) is 10.6. The van der Waals surface area contributed by atoms with E-state index < -0.39 is 5.41 Å². The Balaban J connectivity index is 1.70.